The lowest BCUT2D eigenvalue weighted by atomic mass is 10.5. The summed E-state index contributed by atoms with van der Waals surface area (Å²) in [4.78, 5) is 3.49. The lowest BCUT2D eigenvalue weighted by Crippen LogP contribution is -2.34. The summed E-state index contributed by atoms with van der Waals surface area (Å²) in [7, 11) is -1.60. The van der Waals surface area contributed by atoms with E-state index in [1.54, 1.807) is 6.07 Å². The normalized spacial score (nSPS) is 12.2. The third kappa shape index (κ3) is 5.09. The molecule has 8 heteroatoms. The van der Waals surface area contributed by atoms with E-state index in [0.29, 0.717) is 21.8 Å². The Bertz CT molecular complexity index is 513. The average Bonchev–Trinajstić information content (AvgIpc) is 2.77. The van der Waals surface area contributed by atoms with E-state index in [9.17, 15) is 8.42 Å². The maximum atomic E-state index is 12.3. The summed E-state index contributed by atoms with van der Waals surface area (Å²) in [6, 6.07) is 1.71. The van der Waals surface area contributed by atoms with Gasteiger partial charge in [0.15, 0.2) is 0 Å². The molecule has 20 heavy (non-hydrogen) atoms. The minimum absolute atomic E-state index is 0.326. The Hall–Kier alpha value is 0.01000. The van der Waals surface area contributed by atoms with Crippen LogP contribution >= 0.6 is 27.3 Å². The molecule has 0 amide bonds. The minimum atomic E-state index is -3.44. The first-order valence-electron chi connectivity index (χ1n) is 6.59. The third-order valence-electron chi connectivity index (χ3n) is 2.96. The van der Waals surface area contributed by atoms with E-state index in [2.05, 4.69) is 44.7 Å². The Morgan fingerprint density at radius 1 is 1.35 bits per heavy atom. The molecule has 0 aliphatic heterocycles. The van der Waals surface area contributed by atoms with Gasteiger partial charge in [-0.05, 0) is 42.1 Å². The van der Waals surface area contributed by atoms with E-state index in [1.165, 1.54) is 11.3 Å². The van der Waals surface area contributed by atoms with Gasteiger partial charge < -0.3 is 10.2 Å². The van der Waals surface area contributed by atoms with Crippen LogP contribution in [0.25, 0.3) is 0 Å². The lowest BCUT2D eigenvalue weighted by molar-refractivity contribution is 0.309. The fourth-order valence-corrected chi connectivity index (χ4v) is 5.51. The molecule has 0 bridgehead atoms. The van der Waals surface area contributed by atoms with Gasteiger partial charge in [-0.25, -0.2) is 13.1 Å². The van der Waals surface area contributed by atoms with E-state index >= 15 is 0 Å². The molecule has 0 saturated carbocycles. The zero-order valence-electron chi connectivity index (χ0n) is 12.1. The molecule has 0 atom stereocenters. The quantitative estimate of drug-likeness (QED) is 0.682. The molecule has 0 radical (unpaired) electrons. The number of hydrogen-bond acceptors (Lipinski definition) is 5. The van der Waals surface area contributed by atoms with Crippen molar-refractivity contribution in [1.82, 2.24) is 14.9 Å². The molecule has 1 heterocycles. The van der Waals surface area contributed by atoms with Crippen LogP contribution in [0.2, 0.25) is 0 Å². The number of halogens is 1. The molecule has 2 N–H and O–H groups in total. The second-order valence-corrected chi connectivity index (χ2v) is 8.50. The van der Waals surface area contributed by atoms with Crippen LogP contribution in [0.15, 0.2) is 14.7 Å². The molecule has 1 aromatic rings. The van der Waals surface area contributed by atoms with Crippen LogP contribution < -0.4 is 10.0 Å². The fourth-order valence-electron chi connectivity index (χ4n) is 1.80. The van der Waals surface area contributed by atoms with E-state index in [-0.39, 0.29) is 0 Å². The molecule has 5 nitrogen and oxygen atoms in total. The van der Waals surface area contributed by atoms with Crippen LogP contribution in [0.4, 0.5) is 0 Å². The first-order chi connectivity index (χ1) is 9.44. The number of hydrogen-bond donors (Lipinski definition) is 2. The minimum Gasteiger partial charge on any atom is -0.315 e. The highest BCUT2D eigenvalue weighted by Gasteiger charge is 2.20. The van der Waals surface area contributed by atoms with Crippen LogP contribution in [-0.4, -0.2) is 46.5 Å². The maximum absolute atomic E-state index is 12.3. The zero-order valence-corrected chi connectivity index (χ0v) is 15.3. The summed E-state index contributed by atoms with van der Waals surface area (Å²) in [6.45, 7) is 7.79. The molecule has 1 rings (SSSR count). The molecule has 0 aliphatic carbocycles. The van der Waals surface area contributed by atoms with Gasteiger partial charge in [-0.2, -0.15) is 0 Å². The molecule has 0 aromatic carbocycles. The third-order valence-corrected chi connectivity index (χ3v) is 6.67. The number of nitrogens with zero attached hydrogens (tertiary/aromatic N) is 1. The number of likely N-dealkylation sites (N-methyl/N-ethyl adjacent to an activating group) is 1. The van der Waals surface area contributed by atoms with Crippen LogP contribution in [0.3, 0.4) is 0 Å². The van der Waals surface area contributed by atoms with E-state index < -0.39 is 10.0 Å². The second-order valence-electron chi connectivity index (χ2n) is 4.31. The topological polar surface area (TPSA) is 61.4 Å². The first-order valence-corrected chi connectivity index (χ1v) is 9.68. The van der Waals surface area contributed by atoms with Crippen molar-refractivity contribution >= 4 is 37.3 Å². The summed E-state index contributed by atoms with van der Waals surface area (Å²) in [5.41, 5.74) is 0. The van der Waals surface area contributed by atoms with Gasteiger partial charge in [0.2, 0.25) is 10.0 Å². The molecular formula is C12H22BrN3O2S2. The molecule has 0 fully saturated rings. The van der Waals surface area contributed by atoms with Crippen molar-refractivity contribution in [2.75, 3.05) is 33.2 Å². The predicted molar refractivity (Wildman–Crippen MR) is 87.8 cm³/mol. The molecule has 116 valence electrons. The fraction of sp³-hybridized carbons (Fsp3) is 0.667. The number of rotatable bonds is 9. The van der Waals surface area contributed by atoms with Crippen LogP contribution in [0.5, 0.6) is 0 Å². The predicted octanol–water partition coefficient (Wildman–Crippen LogP) is 1.85. The first kappa shape index (κ1) is 18.1. The van der Waals surface area contributed by atoms with Gasteiger partial charge in [-0.1, -0.05) is 13.8 Å². The number of sulfonamides is 1. The average molecular weight is 384 g/mol. The molecular weight excluding hydrogens is 362 g/mol. The highest BCUT2D eigenvalue weighted by atomic mass is 79.9. The highest BCUT2D eigenvalue weighted by Crippen LogP contribution is 2.31. The van der Waals surface area contributed by atoms with Crippen molar-refractivity contribution in [3.05, 3.63) is 14.7 Å². The van der Waals surface area contributed by atoms with Crippen molar-refractivity contribution in [2.24, 2.45) is 0 Å². The van der Waals surface area contributed by atoms with Crippen LogP contribution in [-0.2, 0) is 16.6 Å². The molecule has 0 unspecified atom stereocenters. The Kier molecular flexibility index (Phi) is 7.63. The SMILES string of the molecule is CCN(CC)CCNS(=O)(=O)c1cc(CNC)sc1Br. The summed E-state index contributed by atoms with van der Waals surface area (Å²) < 4.78 is 27.8. The van der Waals surface area contributed by atoms with Gasteiger partial charge in [-0.15, -0.1) is 11.3 Å². The van der Waals surface area contributed by atoms with Crippen LogP contribution in [0.1, 0.15) is 18.7 Å². The standard InChI is InChI=1S/C12H22BrN3O2S2/c1-4-16(5-2)7-6-15-20(17,18)11-8-10(9-14-3)19-12(11)13/h8,14-15H,4-7,9H2,1-3H3. The summed E-state index contributed by atoms with van der Waals surface area (Å²) in [5, 5.41) is 3.02. The Morgan fingerprint density at radius 2 is 2.00 bits per heavy atom. The summed E-state index contributed by atoms with van der Waals surface area (Å²) in [5.74, 6) is 0. The van der Waals surface area contributed by atoms with E-state index in [0.717, 1.165) is 24.5 Å². The molecule has 0 aliphatic rings. The summed E-state index contributed by atoms with van der Waals surface area (Å²) in [6.07, 6.45) is 0. The van der Waals surface area contributed by atoms with E-state index in [1.807, 2.05) is 7.05 Å². The maximum Gasteiger partial charge on any atom is 0.242 e. The molecule has 1 aromatic heterocycles. The smallest absolute Gasteiger partial charge is 0.242 e. The van der Waals surface area contributed by atoms with Gasteiger partial charge in [0.05, 0.1) is 3.79 Å². The zero-order chi connectivity index (χ0) is 15.2. The van der Waals surface area contributed by atoms with Crippen molar-refractivity contribution in [1.29, 1.82) is 0 Å². The van der Waals surface area contributed by atoms with Crippen LogP contribution in [0, 0.1) is 0 Å². The summed E-state index contributed by atoms with van der Waals surface area (Å²) >= 11 is 4.77. The van der Waals surface area contributed by atoms with Crippen molar-refractivity contribution in [3.8, 4) is 0 Å². The van der Waals surface area contributed by atoms with Crippen molar-refractivity contribution in [3.63, 3.8) is 0 Å². The highest BCUT2D eigenvalue weighted by molar-refractivity contribution is 9.11. The lowest BCUT2D eigenvalue weighted by Gasteiger charge is -2.17. The van der Waals surface area contributed by atoms with Gasteiger partial charge in [0.25, 0.3) is 0 Å². The van der Waals surface area contributed by atoms with Crippen molar-refractivity contribution < 1.29 is 8.42 Å². The Labute approximate surface area is 133 Å². The second kappa shape index (κ2) is 8.45. The number of thiophene rings is 1. The van der Waals surface area contributed by atoms with Gasteiger partial charge in [0, 0.05) is 24.5 Å². The van der Waals surface area contributed by atoms with Crippen molar-refractivity contribution in [2.45, 2.75) is 25.3 Å². The molecule has 0 saturated heterocycles. The Morgan fingerprint density at radius 3 is 2.55 bits per heavy atom. The monoisotopic (exact) mass is 383 g/mol. The Balaban J connectivity index is 2.69. The largest absolute Gasteiger partial charge is 0.315 e. The van der Waals surface area contributed by atoms with E-state index in [4.69, 9.17) is 0 Å². The van der Waals surface area contributed by atoms with Gasteiger partial charge in [0.1, 0.15) is 4.90 Å². The van der Waals surface area contributed by atoms with Gasteiger partial charge >= 0.3 is 0 Å². The van der Waals surface area contributed by atoms with Gasteiger partial charge in [-0.3, -0.25) is 0 Å². The molecule has 0 spiro atoms. The number of nitrogens with one attached hydrogen (secondary N) is 2.